The molecule has 2 N–H and O–H groups in total. The van der Waals surface area contributed by atoms with Gasteiger partial charge >= 0.3 is 0 Å². The summed E-state index contributed by atoms with van der Waals surface area (Å²) in [7, 11) is 0. The van der Waals surface area contributed by atoms with Crippen LogP contribution in [0, 0.1) is 25.5 Å². The van der Waals surface area contributed by atoms with Gasteiger partial charge in [-0.2, -0.15) is 0 Å². The van der Waals surface area contributed by atoms with Gasteiger partial charge in [0, 0.05) is 17.8 Å². The SMILES string of the molecule is Cc1ccc(C)c(NCC(O)c2cc(F)ccc2F)c1. The molecule has 0 fully saturated rings. The fraction of sp³-hybridized carbons (Fsp3) is 0.250. The molecule has 4 heteroatoms. The predicted octanol–water partition coefficient (Wildman–Crippen LogP) is 3.73. The van der Waals surface area contributed by atoms with E-state index in [1.807, 2.05) is 32.0 Å². The van der Waals surface area contributed by atoms with Crippen LogP contribution in [0.15, 0.2) is 36.4 Å². The van der Waals surface area contributed by atoms with Gasteiger partial charge in [-0.15, -0.1) is 0 Å². The first-order valence-electron chi connectivity index (χ1n) is 6.41. The van der Waals surface area contributed by atoms with Crippen molar-refractivity contribution < 1.29 is 13.9 Å². The van der Waals surface area contributed by atoms with Gasteiger partial charge in [0.15, 0.2) is 0 Å². The van der Waals surface area contributed by atoms with Crippen LogP contribution in [0.5, 0.6) is 0 Å². The van der Waals surface area contributed by atoms with Crippen molar-refractivity contribution in [1.29, 1.82) is 0 Å². The molecule has 1 unspecified atom stereocenters. The first-order valence-corrected chi connectivity index (χ1v) is 6.41. The van der Waals surface area contributed by atoms with Gasteiger partial charge in [0.25, 0.3) is 0 Å². The van der Waals surface area contributed by atoms with E-state index in [0.717, 1.165) is 35.0 Å². The number of nitrogens with one attached hydrogen (secondary N) is 1. The third kappa shape index (κ3) is 3.33. The normalized spacial score (nSPS) is 12.2. The molecule has 20 heavy (non-hydrogen) atoms. The van der Waals surface area contributed by atoms with Crippen LogP contribution in [0.1, 0.15) is 22.8 Å². The molecule has 0 aliphatic carbocycles. The Kier molecular flexibility index (Phi) is 4.35. The molecule has 106 valence electrons. The molecule has 0 aromatic heterocycles. The topological polar surface area (TPSA) is 32.3 Å². The van der Waals surface area contributed by atoms with Gasteiger partial charge in [-0.05, 0) is 49.2 Å². The summed E-state index contributed by atoms with van der Waals surface area (Å²) < 4.78 is 26.6. The van der Waals surface area contributed by atoms with E-state index in [9.17, 15) is 13.9 Å². The van der Waals surface area contributed by atoms with Crippen LogP contribution in [0.3, 0.4) is 0 Å². The van der Waals surface area contributed by atoms with Crippen LogP contribution in [0.25, 0.3) is 0 Å². The standard InChI is InChI=1S/C16H17F2NO/c1-10-3-4-11(2)15(7-10)19-9-16(20)13-8-12(17)5-6-14(13)18/h3-8,16,19-20H,9H2,1-2H3. The molecule has 2 aromatic rings. The van der Waals surface area contributed by atoms with Gasteiger partial charge in [0.05, 0.1) is 6.10 Å². The zero-order chi connectivity index (χ0) is 14.7. The average Bonchev–Trinajstić information content (AvgIpc) is 2.42. The lowest BCUT2D eigenvalue weighted by molar-refractivity contribution is 0.186. The highest BCUT2D eigenvalue weighted by Gasteiger charge is 2.14. The summed E-state index contributed by atoms with van der Waals surface area (Å²) in [6, 6.07) is 8.97. The number of aliphatic hydroxyl groups excluding tert-OH is 1. The zero-order valence-corrected chi connectivity index (χ0v) is 11.5. The molecule has 0 spiro atoms. The number of benzene rings is 2. The maximum atomic E-state index is 13.5. The number of hydrogen-bond acceptors (Lipinski definition) is 2. The van der Waals surface area contributed by atoms with E-state index in [4.69, 9.17) is 0 Å². The summed E-state index contributed by atoms with van der Waals surface area (Å²) in [6.07, 6.45) is -1.11. The molecule has 2 nitrogen and oxygen atoms in total. The first-order chi connectivity index (χ1) is 9.47. The van der Waals surface area contributed by atoms with Crippen molar-refractivity contribution in [2.75, 3.05) is 11.9 Å². The minimum atomic E-state index is -1.11. The molecule has 1 atom stereocenters. The van der Waals surface area contributed by atoms with Crippen molar-refractivity contribution in [2.45, 2.75) is 20.0 Å². The first kappa shape index (κ1) is 14.5. The van der Waals surface area contributed by atoms with E-state index in [2.05, 4.69) is 5.32 Å². The average molecular weight is 277 g/mol. The van der Waals surface area contributed by atoms with E-state index in [1.165, 1.54) is 0 Å². The number of aryl methyl sites for hydroxylation is 2. The fourth-order valence-corrected chi connectivity index (χ4v) is 2.01. The summed E-state index contributed by atoms with van der Waals surface area (Å²) in [5, 5.41) is 13.0. The van der Waals surface area contributed by atoms with Crippen LogP contribution in [0.2, 0.25) is 0 Å². The molecule has 0 aliphatic rings. The van der Waals surface area contributed by atoms with Crippen molar-refractivity contribution >= 4 is 5.69 Å². The molecule has 0 saturated carbocycles. The lowest BCUT2D eigenvalue weighted by Crippen LogP contribution is -2.14. The predicted molar refractivity (Wildman–Crippen MR) is 75.7 cm³/mol. The lowest BCUT2D eigenvalue weighted by atomic mass is 10.1. The number of aliphatic hydroxyl groups is 1. The second-order valence-corrected chi connectivity index (χ2v) is 4.88. The van der Waals surface area contributed by atoms with E-state index < -0.39 is 17.7 Å². The highest BCUT2D eigenvalue weighted by molar-refractivity contribution is 5.52. The van der Waals surface area contributed by atoms with Crippen molar-refractivity contribution in [2.24, 2.45) is 0 Å². The summed E-state index contributed by atoms with van der Waals surface area (Å²) >= 11 is 0. The minimum Gasteiger partial charge on any atom is -0.386 e. The van der Waals surface area contributed by atoms with Crippen molar-refractivity contribution in [3.05, 3.63) is 64.7 Å². The van der Waals surface area contributed by atoms with Gasteiger partial charge in [-0.25, -0.2) is 8.78 Å². The Hall–Kier alpha value is -1.94. The van der Waals surface area contributed by atoms with E-state index in [-0.39, 0.29) is 12.1 Å². The molecular weight excluding hydrogens is 260 g/mol. The molecule has 0 bridgehead atoms. The number of hydrogen-bond donors (Lipinski definition) is 2. The zero-order valence-electron chi connectivity index (χ0n) is 11.5. The van der Waals surface area contributed by atoms with Crippen LogP contribution in [0.4, 0.5) is 14.5 Å². The maximum absolute atomic E-state index is 13.5. The molecule has 0 saturated heterocycles. The smallest absolute Gasteiger partial charge is 0.129 e. The van der Waals surface area contributed by atoms with E-state index in [0.29, 0.717) is 0 Å². The largest absolute Gasteiger partial charge is 0.386 e. The lowest BCUT2D eigenvalue weighted by Gasteiger charge is -2.16. The number of rotatable bonds is 4. The van der Waals surface area contributed by atoms with Crippen LogP contribution in [-0.2, 0) is 0 Å². The molecule has 0 radical (unpaired) electrons. The van der Waals surface area contributed by atoms with Crippen molar-refractivity contribution in [1.82, 2.24) is 0 Å². The Morgan fingerprint density at radius 1 is 1.10 bits per heavy atom. The Labute approximate surface area is 117 Å². The molecule has 0 aliphatic heterocycles. The molecule has 0 heterocycles. The minimum absolute atomic E-state index is 0.0391. The third-order valence-corrected chi connectivity index (χ3v) is 3.20. The highest BCUT2D eigenvalue weighted by Crippen LogP contribution is 2.21. The monoisotopic (exact) mass is 277 g/mol. The number of anilines is 1. The van der Waals surface area contributed by atoms with Gasteiger partial charge < -0.3 is 10.4 Å². The third-order valence-electron chi connectivity index (χ3n) is 3.20. The quantitative estimate of drug-likeness (QED) is 0.892. The number of halogens is 2. The highest BCUT2D eigenvalue weighted by atomic mass is 19.1. The summed E-state index contributed by atoms with van der Waals surface area (Å²) in [5.41, 5.74) is 2.95. The second-order valence-electron chi connectivity index (χ2n) is 4.88. The Morgan fingerprint density at radius 2 is 1.85 bits per heavy atom. The van der Waals surface area contributed by atoms with Crippen molar-refractivity contribution in [3.8, 4) is 0 Å². The summed E-state index contributed by atoms with van der Waals surface area (Å²) in [4.78, 5) is 0. The summed E-state index contributed by atoms with van der Waals surface area (Å²) in [6.45, 7) is 4.02. The van der Waals surface area contributed by atoms with Gasteiger partial charge in [-0.3, -0.25) is 0 Å². The fourth-order valence-electron chi connectivity index (χ4n) is 2.01. The van der Waals surface area contributed by atoms with Gasteiger partial charge in [0.2, 0.25) is 0 Å². The Morgan fingerprint density at radius 3 is 2.60 bits per heavy atom. The van der Waals surface area contributed by atoms with E-state index >= 15 is 0 Å². The maximum Gasteiger partial charge on any atom is 0.129 e. The van der Waals surface area contributed by atoms with Crippen molar-refractivity contribution in [3.63, 3.8) is 0 Å². The van der Waals surface area contributed by atoms with Gasteiger partial charge in [-0.1, -0.05) is 12.1 Å². The van der Waals surface area contributed by atoms with Gasteiger partial charge in [0.1, 0.15) is 11.6 Å². The Balaban J connectivity index is 2.10. The second kappa shape index (κ2) is 6.01. The Bertz CT molecular complexity index is 613. The molecule has 2 rings (SSSR count). The van der Waals surface area contributed by atoms with Crippen LogP contribution >= 0.6 is 0 Å². The molecular formula is C16H17F2NO. The van der Waals surface area contributed by atoms with Crippen LogP contribution < -0.4 is 5.32 Å². The van der Waals surface area contributed by atoms with E-state index in [1.54, 1.807) is 0 Å². The molecule has 0 amide bonds. The summed E-state index contributed by atoms with van der Waals surface area (Å²) in [5.74, 6) is -1.17. The van der Waals surface area contributed by atoms with Crippen LogP contribution in [-0.4, -0.2) is 11.7 Å². The molecule has 2 aromatic carbocycles.